The number of nitrogens with two attached hydrogens (primary N) is 1. The molecule has 1 aliphatic rings. The highest BCUT2D eigenvalue weighted by Gasteiger charge is 2.22. The molecule has 4 heteroatoms. The minimum atomic E-state index is 0.107. The summed E-state index contributed by atoms with van der Waals surface area (Å²) in [5.74, 6) is 0.107. The van der Waals surface area contributed by atoms with E-state index < -0.39 is 0 Å². The van der Waals surface area contributed by atoms with Crippen LogP contribution in [0.3, 0.4) is 0 Å². The molecule has 0 aromatic heterocycles. The van der Waals surface area contributed by atoms with Gasteiger partial charge in [-0.15, -0.1) is 0 Å². The van der Waals surface area contributed by atoms with Gasteiger partial charge < -0.3 is 16.0 Å². The lowest BCUT2D eigenvalue weighted by Crippen LogP contribution is -2.33. The van der Waals surface area contributed by atoms with Gasteiger partial charge in [0.1, 0.15) is 0 Å². The van der Waals surface area contributed by atoms with Gasteiger partial charge in [0.2, 0.25) is 5.91 Å². The second kappa shape index (κ2) is 8.17. The molecule has 0 saturated heterocycles. The zero-order chi connectivity index (χ0) is 19.3. The Hall–Kier alpha value is -3.27. The van der Waals surface area contributed by atoms with Crippen molar-refractivity contribution in [3.63, 3.8) is 0 Å². The minimum absolute atomic E-state index is 0.107. The molecule has 0 fully saturated rings. The number of carbonyl (C=O) groups is 1. The maximum atomic E-state index is 13.3. The summed E-state index contributed by atoms with van der Waals surface area (Å²) >= 11 is 0. The van der Waals surface area contributed by atoms with Gasteiger partial charge in [0.05, 0.1) is 17.8 Å². The molecule has 142 valence electrons. The molecule has 1 aliphatic heterocycles. The molecule has 0 unspecified atom stereocenters. The third-order valence-electron chi connectivity index (χ3n) is 5.23. The lowest BCUT2D eigenvalue weighted by molar-refractivity contribution is -0.118. The number of para-hydroxylation sites is 3. The molecule has 0 saturated carbocycles. The maximum Gasteiger partial charge on any atom is 0.231 e. The minimum Gasteiger partial charge on any atom is -0.397 e. The number of carbonyl (C=O) groups excluding carboxylic acids is 1. The molecule has 28 heavy (non-hydrogen) atoms. The standard InChI is InChI=1S/C24H25N3O/c25-21-14-8-11-19(24(21)26-20-12-2-1-3-13-20)17-23(28)27-16-7-6-10-18-9-4-5-15-22(18)27/h1-5,8-9,11-15,26H,6-7,10,16-17,25H2. The van der Waals surface area contributed by atoms with Gasteiger partial charge in [-0.2, -0.15) is 0 Å². The molecule has 0 bridgehead atoms. The second-order valence-corrected chi connectivity index (χ2v) is 7.18. The summed E-state index contributed by atoms with van der Waals surface area (Å²) in [7, 11) is 0. The Morgan fingerprint density at radius 2 is 1.71 bits per heavy atom. The molecular weight excluding hydrogens is 346 g/mol. The smallest absolute Gasteiger partial charge is 0.231 e. The molecule has 0 aliphatic carbocycles. The number of nitrogen functional groups attached to an aromatic ring is 1. The van der Waals surface area contributed by atoms with Crippen LogP contribution in [-0.2, 0) is 17.6 Å². The van der Waals surface area contributed by atoms with E-state index in [4.69, 9.17) is 5.73 Å². The Morgan fingerprint density at radius 3 is 2.57 bits per heavy atom. The van der Waals surface area contributed by atoms with Crippen molar-refractivity contribution in [2.45, 2.75) is 25.7 Å². The van der Waals surface area contributed by atoms with Crippen LogP contribution in [0.25, 0.3) is 0 Å². The Morgan fingerprint density at radius 1 is 0.929 bits per heavy atom. The summed E-state index contributed by atoms with van der Waals surface area (Å²) in [6.45, 7) is 0.764. The molecule has 4 nitrogen and oxygen atoms in total. The number of rotatable bonds is 4. The van der Waals surface area contributed by atoms with Gasteiger partial charge in [-0.05, 0) is 54.7 Å². The first kappa shape index (κ1) is 18.1. The van der Waals surface area contributed by atoms with Gasteiger partial charge in [-0.25, -0.2) is 0 Å². The highest BCUT2D eigenvalue weighted by molar-refractivity contribution is 5.97. The molecular formula is C24H25N3O. The predicted molar refractivity (Wildman–Crippen MR) is 116 cm³/mol. The third-order valence-corrected chi connectivity index (χ3v) is 5.23. The lowest BCUT2D eigenvalue weighted by Gasteiger charge is -2.24. The van der Waals surface area contributed by atoms with Crippen molar-refractivity contribution >= 4 is 28.7 Å². The number of fused-ring (bicyclic) bond motifs is 1. The first-order valence-corrected chi connectivity index (χ1v) is 9.80. The predicted octanol–water partition coefficient (Wildman–Crippen LogP) is 4.92. The van der Waals surface area contributed by atoms with Crippen LogP contribution in [0.5, 0.6) is 0 Å². The van der Waals surface area contributed by atoms with Gasteiger partial charge >= 0.3 is 0 Å². The Kier molecular flexibility index (Phi) is 5.29. The number of hydrogen-bond donors (Lipinski definition) is 2. The topological polar surface area (TPSA) is 58.4 Å². The van der Waals surface area contributed by atoms with Crippen molar-refractivity contribution in [1.29, 1.82) is 0 Å². The van der Waals surface area contributed by atoms with E-state index >= 15 is 0 Å². The molecule has 1 amide bonds. The Balaban J connectivity index is 1.61. The average molecular weight is 371 g/mol. The first-order valence-electron chi connectivity index (χ1n) is 9.80. The van der Waals surface area contributed by atoms with E-state index in [9.17, 15) is 4.79 Å². The fourth-order valence-electron chi connectivity index (χ4n) is 3.79. The van der Waals surface area contributed by atoms with Crippen LogP contribution in [0.2, 0.25) is 0 Å². The molecule has 1 heterocycles. The number of nitrogens with one attached hydrogen (secondary N) is 1. The summed E-state index contributed by atoms with van der Waals surface area (Å²) in [6.07, 6.45) is 3.47. The van der Waals surface area contributed by atoms with E-state index in [0.717, 1.165) is 48.4 Å². The highest BCUT2D eigenvalue weighted by Crippen LogP contribution is 2.30. The molecule has 3 aromatic rings. The van der Waals surface area contributed by atoms with Gasteiger partial charge in [0.15, 0.2) is 0 Å². The summed E-state index contributed by atoms with van der Waals surface area (Å²) in [5.41, 5.74) is 11.9. The van der Waals surface area contributed by atoms with Crippen molar-refractivity contribution in [3.05, 3.63) is 83.9 Å². The summed E-state index contributed by atoms with van der Waals surface area (Å²) in [4.78, 5) is 15.2. The van der Waals surface area contributed by atoms with E-state index in [1.54, 1.807) is 0 Å². The van der Waals surface area contributed by atoms with E-state index in [0.29, 0.717) is 12.1 Å². The van der Waals surface area contributed by atoms with Crippen molar-refractivity contribution in [1.82, 2.24) is 0 Å². The quantitative estimate of drug-likeness (QED) is 0.640. The van der Waals surface area contributed by atoms with E-state index in [-0.39, 0.29) is 5.91 Å². The number of nitrogens with zero attached hydrogens (tertiary/aromatic N) is 1. The SMILES string of the molecule is Nc1cccc(CC(=O)N2CCCCc3ccccc32)c1Nc1ccccc1. The van der Waals surface area contributed by atoms with Crippen LogP contribution < -0.4 is 16.0 Å². The summed E-state index contributed by atoms with van der Waals surface area (Å²) in [5, 5.41) is 3.38. The number of benzene rings is 3. The van der Waals surface area contributed by atoms with Crippen LogP contribution in [0.1, 0.15) is 24.0 Å². The first-order chi connectivity index (χ1) is 13.7. The summed E-state index contributed by atoms with van der Waals surface area (Å²) < 4.78 is 0. The lowest BCUT2D eigenvalue weighted by atomic mass is 10.1. The number of hydrogen-bond acceptors (Lipinski definition) is 3. The number of aryl methyl sites for hydroxylation is 1. The van der Waals surface area contributed by atoms with Crippen LogP contribution >= 0.6 is 0 Å². The van der Waals surface area contributed by atoms with Gasteiger partial charge in [0, 0.05) is 17.9 Å². The average Bonchev–Trinajstić information content (AvgIpc) is 2.94. The third kappa shape index (κ3) is 3.86. The number of amides is 1. The van der Waals surface area contributed by atoms with E-state index in [2.05, 4.69) is 17.4 Å². The van der Waals surface area contributed by atoms with Crippen LogP contribution in [-0.4, -0.2) is 12.5 Å². The van der Waals surface area contributed by atoms with Gasteiger partial charge in [0.25, 0.3) is 0 Å². The largest absolute Gasteiger partial charge is 0.397 e. The van der Waals surface area contributed by atoms with E-state index in [1.807, 2.05) is 65.6 Å². The molecule has 4 rings (SSSR count). The Bertz CT molecular complexity index is 969. The molecule has 3 N–H and O–H groups in total. The highest BCUT2D eigenvalue weighted by atomic mass is 16.2. The maximum absolute atomic E-state index is 13.3. The second-order valence-electron chi connectivity index (χ2n) is 7.18. The van der Waals surface area contributed by atoms with Gasteiger partial charge in [-0.1, -0.05) is 48.5 Å². The fourth-order valence-corrected chi connectivity index (χ4v) is 3.79. The van der Waals surface area contributed by atoms with Gasteiger partial charge in [-0.3, -0.25) is 4.79 Å². The van der Waals surface area contributed by atoms with Crippen LogP contribution in [0, 0.1) is 0 Å². The number of anilines is 4. The molecule has 0 radical (unpaired) electrons. The Labute approximate surface area is 166 Å². The molecule has 3 aromatic carbocycles. The zero-order valence-corrected chi connectivity index (χ0v) is 15.9. The van der Waals surface area contributed by atoms with Crippen molar-refractivity contribution in [3.8, 4) is 0 Å². The zero-order valence-electron chi connectivity index (χ0n) is 15.9. The molecule has 0 spiro atoms. The normalized spacial score (nSPS) is 13.5. The van der Waals surface area contributed by atoms with Crippen molar-refractivity contribution in [2.75, 3.05) is 22.5 Å². The fraction of sp³-hybridized carbons (Fsp3) is 0.208. The molecule has 0 atom stereocenters. The monoisotopic (exact) mass is 371 g/mol. The van der Waals surface area contributed by atoms with Crippen LogP contribution in [0.4, 0.5) is 22.7 Å². The summed E-state index contributed by atoms with van der Waals surface area (Å²) in [6, 6.07) is 23.9. The van der Waals surface area contributed by atoms with Crippen LogP contribution in [0.15, 0.2) is 72.8 Å². The van der Waals surface area contributed by atoms with Crippen molar-refractivity contribution < 1.29 is 4.79 Å². The van der Waals surface area contributed by atoms with Crippen molar-refractivity contribution in [2.24, 2.45) is 0 Å². The van der Waals surface area contributed by atoms with E-state index in [1.165, 1.54) is 5.56 Å².